The molecule has 0 radical (unpaired) electrons. The van der Waals surface area contributed by atoms with E-state index in [1.165, 1.54) is 16.0 Å². The van der Waals surface area contributed by atoms with Crippen LogP contribution in [0.4, 0.5) is 0 Å². The standard InChI is InChI=1S/C13H10Cl2N4OS/c1-18-11-9(4-3-7(14)10(11)15)21-13(18)17-12(20)8-5-6-16-19(8)2/h3-6H,1-2H3. The maximum absolute atomic E-state index is 12.2. The van der Waals surface area contributed by atoms with E-state index in [1.54, 1.807) is 37.0 Å². The van der Waals surface area contributed by atoms with Crippen molar-refractivity contribution in [3.63, 3.8) is 0 Å². The molecule has 1 aromatic carbocycles. The van der Waals surface area contributed by atoms with Gasteiger partial charge in [0.05, 0.1) is 20.3 Å². The van der Waals surface area contributed by atoms with Gasteiger partial charge in [-0.15, -0.1) is 0 Å². The Morgan fingerprint density at radius 3 is 2.71 bits per heavy atom. The number of carbonyl (C=O) groups excluding carboxylic acids is 1. The third kappa shape index (κ3) is 2.39. The first kappa shape index (κ1) is 14.3. The summed E-state index contributed by atoms with van der Waals surface area (Å²) in [6, 6.07) is 5.22. The summed E-state index contributed by atoms with van der Waals surface area (Å²) in [6.45, 7) is 0. The van der Waals surface area contributed by atoms with Crippen molar-refractivity contribution in [1.82, 2.24) is 14.3 Å². The van der Waals surface area contributed by atoms with Crippen LogP contribution < -0.4 is 4.80 Å². The molecular weight excluding hydrogens is 331 g/mol. The Morgan fingerprint density at radius 2 is 2.05 bits per heavy atom. The minimum absolute atomic E-state index is 0.348. The highest BCUT2D eigenvalue weighted by atomic mass is 35.5. The molecule has 0 spiro atoms. The molecule has 0 saturated carbocycles. The molecule has 3 rings (SSSR count). The number of hydrogen-bond donors (Lipinski definition) is 0. The highest BCUT2D eigenvalue weighted by Crippen LogP contribution is 2.31. The third-order valence-electron chi connectivity index (χ3n) is 3.09. The van der Waals surface area contributed by atoms with Gasteiger partial charge in [0.2, 0.25) is 0 Å². The number of amides is 1. The molecule has 0 unspecified atom stereocenters. The second-order valence-electron chi connectivity index (χ2n) is 4.41. The van der Waals surface area contributed by atoms with Crippen molar-refractivity contribution in [2.45, 2.75) is 0 Å². The molecule has 2 aromatic heterocycles. The summed E-state index contributed by atoms with van der Waals surface area (Å²) in [6.07, 6.45) is 1.56. The Balaban J connectivity index is 2.20. The summed E-state index contributed by atoms with van der Waals surface area (Å²) in [5, 5.41) is 4.90. The molecule has 0 N–H and O–H groups in total. The average molecular weight is 341 g/mol. The monoisotopic (exact) mass is 340 g/mol. The lowest BCUT2D eigenvalue weighted by Gasteiger charge is -2.00. The van der Waals surface area contributed by atoms with Crippen molar-refractivity contribution in [1.29, 1.82) is 0 Å². The molecular formula is C13H10Cl2N4OS. The molecule has 0 saturated heterocycles. The zero-order valence-electron chi connectivity index (χ0n) is 11.2. The fourth-order valence-corrected chi connectivity index (χ4v) is 3.53. The SMILES string of the molecule is Cn1nccc1C(=O)N=c1sc2ccc(Cl)c(Cl)c2n1C. The number of rotatable bonds is 1. The van der Waals surface area contributed by atoms with E-state index in [2.05, 4.69) is 10.1 Å². The van der Waals surface area contributed by atoms with Gasteiger partial charge in [0.1, 0.15) is 5.69 Å². The quantitative estimate of drug-likeness (QED) is 0.683. The number of hydrogen-bond acceptors (Lipinski definition) is 3. The smallest absolute Gasteiger partial charge is 0.297 e. The average Bonchev–Trinajstić information content (AvgIpc) is 3.00. The topological polar surface area (TPSA) is 52.2 Å². The first-order valence-electron chi connectivity index (χ1n) is 5.99. The van der Waals surface area contributed by atoms with Crippen LogP contribution in [-0.4, -0.2) is 20.3 Å². The van der Waals surface area contributed by atoms with Crippen LogP contribution in [0.25, 0.3) is 10.2 Å². The Hall–Kier alpha value is -1.63. The van der Waals surface area contributed by atoms with Crippen LogP contribution in [0.1, 0.15) is 10.5 Å². The fourth-order valence-electron chi connectivity index (χ4n) is 2.01. The van der Waals surface area contributed by atoms with E-state index in [0.29, 0.717) is 20.5 Å². The molecule has 108 valence electrons. The van der Waals surface area contributed by atoms with Crippen molar-refractivity contribution in [3.8, 4) is 0 Å². The zero-order chi connectivity index (χ0) is 15.1. The van der Waals surface area contributed by atoms with E-state index in [-0.39, 0.29) is 5.91 Å². The number of halogens is 2. The number of thiazole rings is 1. The number of aryl methyl sites for hydroxylation is 2. The van der Waals surface area contributed by atoms with Crippen LogP contribution in [0.5, 0.6) is 0 Å². The summed E-state index contributed by atoms with van der Waals surface area (Å²) in [4.78, 5) is 16.9. The van der Waals surface area contributed by atoms with Crippen molar-refractivity contribution < 1.29 is 4.79 Å². The molecule has 0 aliphatic heterocycles. The molecule has 0 atom stereocenters. The summed E-state index contributed by atoms with van der Waals surface area (Å²) >= 11 is 13.6. The predicted octanol–water partition coefficient (Wildman–Crippen LogP) is 3.02. The molecule has 21 heavy (non-hydrogen) atoms. The normalized spacial score (nSPS) is 12.3. The second kappa shape index (κ2) is 5.29. The molecule has 0 aliphatic rings. The van der Waals surface area contributed by atoms with Crippen LogP contribution in [-0.2, 0) is 14.1 Å². The van der Waals surface area contributed by atoms with Crippen molar-refractivity contribution in [2.24, 2.45) is 19.1 Å². The van der Waals surface area contributed by atoms with E-state index in [4.69, 9.17) is 23.2 Å². The maximum atomic E-state index is 12.2. The van der Waals surface area contributed by atoms with Gasteiger partial charge in [-0.25, -0.2) is 0 Å². The van der Waals surface area contributed by atoms with Gasteiger partial charge < -0.3 is 4.57 Å². The highest BCUT2D eigenvalue weighted by molar-refractivity contribution is 7.16. The summed E-state index contributed by atoms with van der Waals surface area (Å²) in [7, 11) is 3.50. The Kier molecular flexibility index (Phi) is 3.61. The van der Waals surface area contributed by atoms with Crippen molar-refractivity contribution in [2.75, 3.05) is 0 Å². The number of fused-ring (bicyclic) bond motifs is 1. The van der Waals surface area contributed by atoms with Gasteiger partial charge >= 0.3 is 0 Å². The van der Waals surface area contributed by atoms with E-state index in [9.17, 15) is 4.79 Å². The van der Waals surface area contributed by atoms with Gasteiger partial charge in [-0.3, -0.25) is 9.48 Å². The summed E-state index contributed by atoms with van der Waals surface area (Å²) in [5.74, 6) is -0.348. The number of nitrogens with zero attached hydrogens (tertiary/aromatic N) is 4. The second-order valence-corrected chi connectivity index (χ2v) is 6.20. The van der Waals surface area contributed by atoms with E-state index >= 15 is 0 Å². The van der Waals surface area contributed by atoms with E-state index < -0.39 is 0 Å². The molecule has 0 fully saturated rings. The number of carbonyl (C=O) groups is 1. The van der Waals surface area contributed by atoms with Crippen LogP contribution in [0, 0.1) is 0 Å². The molecule has 2 heterocycles. The molecule has 5 nitrogen and oxygen atoms in total. The van der Waals surface area contributed by atoms with Crippen molar-refractivity contribution in [3.05, 3.63) is 44.9 Å². The van der Waals surface area contributed by atoms with Crippen LogP contribution in [0.2, 0.25) is 10.0 Å². The van der Waals surface area contributed by atoms with E-state index in [1.807, 2.05) is 6.07 Å². The molecule has 0 aliphatic carbocycles. The maximum Gasteiger partial charge on any atom is 0.297 e. The Morgan fingerprint density at radius 1 is 1.29 bits per heavy atom. The third-order valence-corrected chi connectivity index (χ3v) is 4.98. The van der Waals surface area contributed by atoms with Gasteiger partial charge in [-0.2, -0.15) is 10.1 Å². The first-order chi connectivity index (χ1) is 9.99. The van der Waals surface area contributed by atoms with Gasteiger partial charge in [-0.05, 0) is 18.2 Å². The number of aromatic nitrogens is 3. The van der Waals surface area contributed by atoms with Crippen molar-refractivity contribution >= 4 is 50.7 Å². The van der Waals surface area contributed by atoms with E-state index in [0.717, 1.165) is 10.2 Å². The molecule has 3 aromatic rings. The molecule has 8 heteroatoms. The molecule has 0 bridgehead atoms. The Labute approximate surface area is 134 Å². The zero-order valence-corrected chi connectivity index (χ0v) is 13.5. The first-order valence-corrected chi connectivity index (χ1v) is 7.57. The predicted molar refractivity (Wildman–Crippen MR) is 83.9 cm³/mol. The highest BCUT2D eigenvalue weighted by Gasteiger charge is 2.13. The largest absolute Gasteiger partial charge is 0.318 e. The fraction of sp³-hybridized carbons (Fsp3) is 0.154. The lowest BCUT2D eigenvalue weighted by molar-refractivity contribution is 0.0989. The van der Waals surface area contributed by atoms with Gasteiger partial charge in [0, 0.05) is 20.3 Å². The summed E-state index contributed by atoms with van der Waals surface area (Å²) < 4.78 is 4.18. The van der Waals surface area contributed by atoms with Crippen LogP contribution in [0.3, 0.4) is 0 Å². The summed E-state index contributed by atoms with van der Waals surface area (Å²) in [5.41, 5.74) is 1.20. The minimum atomic E-state index is -0.348. The van der Waals surface area contributed by atoms with Gasteiger partial charge in [0.25, 0.3) is 5.91 Å². The minimum Gasteiger partial charge on any atom is -0.318 e. The van der Waals surface area contributed by atoms with Crippen LogP contribution in [0.15, 0.2) is 29.4 Å². The number of benzene rings is 1. The lowest BCUT2D eigenvalue weighted by atomic mass is 10.3. The Bertz CT molecular complexity index is 922. The van der Waals surface area contributed by atoms with Gasteiger partial charge in [-0.1, -0.05) is 34.5 Å². The lowest BCUT2D eigenvalue weighted by Crippen LogP contribution is -2.15. The molecule has 1 amide bonds. The van der Waals surface area contributed by atoms with Gasteiger partial charge in [0.15, 0.2) is 4.80 Å². The van der Waals surface area contributed by atoms with Crippen LogP contribution >= 0.6 is 34.5 Å².